The number of carbonyl (C=O) groups is 1. The monoisotopic (exact) mass is 468 g/mol. The van der Waals surface area contributed by atoms with Gasteiger partial charge in [0.1, 0.15) is 16.9 Å². The van der Waals surface area contributed by atoms with Gasteiger partial charge in [-0.15, -0.1) is 16.4 Å². The second-order valence-electron chi connectivity index (χ2n) is 8.46. The van der Waals surface area contributed by atoms with Crippen LogP contribution in [0, 0.1) is 0 Å². The van der Waals surface area contributed by atoms with Crippen LogP contribution in [-0.2, 0) is 28.5 Å². The number of rotatable bonds is 1. The minimum Gasteiger partial charge on any atom is -0.444 e. The van der Waals surface area contributed by atoms with Crippen molar-refractivity contribution in [2.24, 2.45) is 7.05 Å². The van der Waals surface area contributed by atoms with Crippen LogP contribution in [0.2, 0.25) is 0 Å². The van der Waals surface area contributed by atoms with Crippen molar-refractivity contribution in [2.45, 2.75) is 57.3 Å². The fraction of sp³-hybridized carbons (Fsp3) is 0.632. The predicted molar refractivity (Wildman–Crippen MR) is 109 cm³/mol. The second-order valence-corrected chi connectivity index (χ2v) is 10.9. The van der Waals surface area contributed by atoms with Gasteiger partial charge < -0.3 is 9.47 Å². The van der Waals surface area contributed by atoms with Gasteiger partial charge in [0.25, 0.3) is 0 Å². The van der Waals surface area contributed by atoms with Gasteiger partial charge in [-0.2, -0.15) is 0 Å². The Bertz CT molecular complexity index is 890. The lowest BCUT2D eigenvalue weighted by Gasteiger charge is -2.47. The average molecular weight is 469 g/mol. The van der Waals surface area contributed by atoms with E-state index in [0.717, 1.165) is 22.3 Å². The van der Waals surface area contributed by atoms with Gasteiger partial charge in [-0.1, -0.05) is 5.21 Å². The quantitative estimate of drug-likeness (QED) is 0.627. The first kappa shape index (κ1) is 19.8. The van der Waals surface area contributed by atoms with E-state index in [2.05, 4.69) is 32.3 Å². The molecule has 2 aromatic rings. The number of aryl methyl sites for hydroxylation is 1. The average Bonchev–Trinajstić information content (AvgIpc) is 3.19. The normalized spacial score (nSPS) is 25.0. The van der Waals surface area contributed by atoms with Gasteiger partial charge >= 0.3 is 6.09 Å². The van der Waals surface area contributed by atoms with E-state index in [4.69, 9.17) is 9.47 Å². The molecule has 0 aromatic carbocycles. The molecule has 9 heteroatoms. The SMILES string of the molecule is Cn1cc([C@@H]2CC3(CCN2C(=O)OC(C)(C)C)OCCc2cc(Br)sc23)nn1. The molecule has 0 N–H and O–H groups in total. The van der Waals surface area contributed by atoms with Crippen LogP contribution in [0.1, 0.15) is 55.8 Å². The van der Waals surface area contributed by atoms with Gasteiger partial charge in [-0.05, 0) is 61.2 Å². The molecule has 0 saturated carbocycles. The minimum atomic E-state index is -0.549. The summed E-state index contributed by atoms with van der Waals surface area (Å²) in [5.74, 6) is 0. The summed E-state index contributed by atoms with van der Waals surface area (Å²) in [7, 11) is 1.83. The molecule has 0 aliphatic carbocycles. The number of ether oxygens (including phenoxy) is 2. The molecule has 4 rings (SSSR count). The Morgan fingerprint density at radius 2 is 2.25 bits per heavy atom. The highest BCUT2D eigenvalue weighted by atomic mass is 79.9. The van der Waals surface area contributed by atoms with Gasteiger partial charge in [0, 0.05) is 24.9 Å². The molecule has 1 unspecified atom stereocenters. The van der Waals surface area contributed by atoms with E-state index in [1.807, 2.05) is 34.0 Å². The number of likely N-dealkylation sites (tertiary alicyclic amines) is 1. The number of amides is 1. The predicted octanol–water partition coefficient (Wildman–Crippen LogP) is 4.18. The topological polar surface area (TPSA) is 69.5 Å². The van der Waals surface area contributed by atoms with Gasteiger partial charge in [0.05, 0.1) is 22.6 Å². The molecule has 1 saturated heterocycles. The molecule has 152 valence electrons. The Hall–Kier alpha value is -1.45. The maximum atomic E-state index is 12.9. The van der Waals surface area contributed by atoms with E-state index in [-0.39, 0.29) is 12.1 Å². The lowest BCUT2D eigenvalue weighted by molar-refractivity contribution is -0.112. The summed E-state index contributed by atoms with van der Waals surface area (Å²) in [6.07, 6.45) is 3.86. The van der Waals surface area contributed by atoms with Gasteiger partial charge in [-0.3, -0.25) is 9.58 Å². The van der Waals surface area contributed by atoms with Crippen LogP contribution in [0.25, 0.3) is 0 Å². The first-order valence-corrected chi connectivity index (χ1v) is 11.1. The third-order valence-corrected chi connectivity index (χ3v) is 7.05. The summed E-state index contributed by atoms with van der Waals surface area (Å²) in [6, 6.07) is 1.95. The molecule has 2 atom stereocenters. The number of fused-ring (bicyclic) bond motifs is 2. The summed E-state index contributed by atoms with van der Waals surface area (Å²) in [6.45, 7) is 6.88. The zero-order valence-electron chi connectivity index (χ0n) is 16.6. The molecule has 28 heavy (non-hydrogen) atoms. The maximum Gasteiger partial charge on any atom is 0.410 e. The van der Waals surface area contributed by atoms with Crippen molar-refractivity contribution < 1.29 is 14.3 Å². The number of carbonyl (C=O) groups excluding carboxylic acids is 1. The van der Waals surface area contributed by atoms with Crippen molar-refractivity contribution in [3.05, 3.63) is 32.2 Å². The minimum absolute atomic E-state index is 0.246. The van der Waals surface area contributed by atoms with Crippen LogP contribution >= 0.6 is 27.3 Å². The van der Waals surface area contributed by atoms with Crippen LogP contribution < -0.4 is 0 Å². The van der Waals surface area contributed by atoms with Gasteiger partial charge in [-0.25, -0.2) is 4.79 Å². The lowest BCUT2D eigenvalue weighted by Crippen LogP contribution is -2.50. The number of thiophene rings is 1. The number of hydrogen-bond donors (Lipinski definition) is 0. The fourth-order valence-electron chi connectivity index (χ4n) is 4.03. The standard InChI is InChI=1S/C19H25BrN4O3S/c1-18(2,3)27-17(25)24-7-6-19(10-14(24)13-11-23(4)22-21-13)16-12(5-8-26-19)9-15(20)28-16/h9,11,14H,5-8,10H2,1-4H3/t14-,19?/m0/s1. The van der Waals surface area contributed by atoms with Crippen LogP contribution in [0.15, 0.2) is 16.0 Å². The molecular weight excluding hydrogens is 444 g/mol. The van der Waals surface area contributed by atoms with E-state index >= 15 is 0 Å². The van der Waals surface area contributed by atoms with E-state index < -0.39 is 11.2 Å². The number of piperidine rings is 1. The van der Waals surface area contributed by atoms with Crippen LogP contribution in [-0.4, -0.2) is 44.7 Å². The molecule has 2 aliphatic heterocycles. The van der Waals surface area contributed by atoms with Crippen molar-refractivity contribution in [3.8, 4) is 0 Å². The van der Waals surface area contributed by atoms with E-state index in [9.17, 15) is 4.79 Å². The largest absolute Gasteiger partial charge is 0.444 e. The molecule has 0 radical (unpaired) electrons. The number of nitrogens with zero attached hydrogens (tertiary/aromatic N) is 4. The molecule has 2 aliphatic rings. The van der Waals surface area contributed by atoms with E-state index in [1.54, 1.807) is 20.9 Å². The zero-order chi connectivity index (χ0) is 20.1. The van der Waals surface area contributed by atoms with Crippen molar-refractivity contribution >= 4 is 33.4 Å². The van der Waals surface area contributed by atoms with Crippen molar-refractivity contribution in [1.29, 1.82) is 0 Å². The highest BCUT2D eigenvalue weighted by molar-refractivity contribution is 9.11. The lowest BCUT2D eigenvalue weighted by atomic mass is 9.81. The van der Waals surface area contributed by atoms with Gasteiger partial charge in [0.2, 0.25) is 0 Å². The Morgan fingerprint density at radius 3 is 2.93 bits per heavy atom. The van der Waals surface area contributed by atoms with Crippen molar-refractivity contribution in [1.82, 2.24) is 19.9 Å². The van der Waals surface area contributed by atoms with E-state index in [1.165, 1.54) is 10.4 Å². The van der Waals surface area contributed by atoms with Crippen LogP contribution in [0.3, 0.4) is 0 Å². The molecule has 7 nitrogen and oxygen atoms in total. The molecule has 2 aromatic heterocycles. The summed E-state index contributed by atoms with van der Waals surface area (Å²) < 4.78 is 14.8. The molecule has 0 bridgehead atoms. The van der Waals surface area contributed by atoms with Crippen molar-refractivity contribution in [3.63, 3.8) is 0 Å². The van der Waals surface area contributed by atoms with E-state index in [0.29, 0.717) is 19.6 Å². The summed E-state index contributed by atoms with van der Waals surface area (Å²) in [4.78, 5) is 16.0. The molecule has 1 amide bonds. The fourth-order valence-corrected chi connectivity index (χ4v) is 5.91. The van der Waals surface area contributed by atoms with Gasteiger partial charge in [0.15, 0.2) is 0 Å². The molecule has 1 spiro atoms. The Kier molecular flexibility index (Phi) is 5.04. The third kappa shape index (κ3) is 3.71. The summed E-state index contributed by atoms with van der Waals surface area (Å²) >= 11 is 5.36. The third-order valence-electron chi connectivity index (χ3n) is 5.19. The highest BCUT2D eigenvalue weighted by Gasteiger charge is 2.49. The van der Waals surface area contributed by atoms with Crippen LogP contribution in [0.5, 0.6) is 0 Å². The number of aromatic nitrogens is 3. The van der Waals surface area contributed by atoms with Crippen LogP contribution in [0.4, 0.5) is 4.79 Å². The molecule has 1 fully saturated rings. The Morgan fingerprint density at radius 1 is 1.46 bits per heavy atom. The molecule has 4 heterocycles. The number of halogens is 1. The first-order valence-electron chi connectivity index (χ1n) is 9.45. The first-order chi connectivity index (χ1) is 13.2. The Labute approximate surface area is 177 Å². The Balaban J connectivity index is 1.69. The maximum absolute atomic E-state index is 12.9. The highest BCUT2D eigenvalue weighted by Crippen LogP contribution is 2.51. The summed E-state index contributed by atoms with van der Waals surface area (Å²) in [5, 5.41) is 8.39. The summed E-state index contributed by atoms with van der Waals surface area (Å²) in [5.41, 5.74) is 1.16. The zero-order valence-corrected chi connectivity index (χ0v) is 19.0. The van der Waals surface area contributed by atoms with Crippen molar-refractivity contribution in [2.75, 3.05) is 13.2 Å². The smallest absolute Gasteiger partial charge is 0.410 e. The second kappa shape index (κ2) is 7.11. The molecular formula is C19H25BrN4O3S. The number of hydrogen-bond acceptors (Lipinski definition) is 6.